The fourth-order valence-corrected chi connectivity index (χ4v) is 4.20. The summed E-state index contributed by atoms with van der Waals surface area (Å²) in [7, 11) is 0. The van der Waals surface area contributed by atoms with Gasteiger partial charge in [0.25, 0.3) is 11.8 Å². The second-order valence-electron chi connectivity index (χ2n) is 7.98. The molecule has 0 aliphatic carbocycles. The molecule has 1 atom stereocenters. The van der Waals surface area contributed by atoms with E-state index in [2.05, 4.69) is 16.0 Å². The SMILES string of the molecule is O=C1CCC(N2C(=O)c3cc(F)c(NCCC4(O)CCNCC4)cc3C2=O)C(=O)N1. The minimum Gasteiger partial charge on any atom is -0.390 e. The van der Waals surface area contributed by atoms with Crippen molar-refractivity contribution in [1.29, 1.82) is 0 Å². The smallest absolute Gasteiger partial charge is 0.262 e. The first-order valence-electron chi connectivity index (χ1n) is 10.0. The Morgan fingerprint density at radius 3 is 2.47 bits per heavy atom. The van der Waals surface area contributed by atoms with E-state index in [1.165, 1.54) is 6.07 Å². The van der Waals surface area contributed by atoms with Crippen molar-refractivity contribution in [1.82, 2.24) is 15.5 Å². The molecule has 0 radical (unpaired) electrons. The van der Waals surface area contributed by atoms with Gasteiger partial charge in [-0.25, -0.2) is 4.39 Å². The van der Waals surface area contributed by atoms with Crippen LogP contribution in [0.15, 0.2) is 12.1 Å². The molecule has 3 aliphatic heterocycles. The van der Waals surface area contributed by atoms with Gasteiger partial charge < -0.3 is 15.7 Å². The van der Waals surface area contributed by atoms with Gasteiger partial charge in [0.2, 0.25) is 11.8 Å². The van der Waals surface area contributed by atoms with E-state index in [-0.39, 0.29) is 29.7 Å². The Kier molecular flexibility index (Phi) is 5.29. The van der Waals surface area contributed by atoms with Gasteiger partial charge in [-0.05, 0) is 50.9 Å². The number of imide groups is 2. The van der Waals surface area contributed by atoms with E-state index in [9.17, 15) is 28.7 Å². The van der Waals surface area contributed by atoms with E-state index in [0.717, 1.165) is 24.1 Å². The van der Waals surface area contributed by atoms with Crippen molar-refractivity contribution >= 4 is 29.3 Å². The first kappa shape index (κ1) is 20.4. The second-order valence-corrected chi connectivity index (χ2v) is 7.98. The Labute approximate surface area is 172 Å². The first-order valence-corrected chi connectivity index (χ1v) is 10.0. The Hall–Kier alpha value is -2.85. The number of carbonyl (C=O) groups is 4. The van der Waals surface area contributed by atoms with E-state index in [1.807, 2.05) is 0 Å². The van der Waals surface area contributed by atoms with Gasteiger partial charge in [0.05, 0.1) is 22.4 Å². The molecule has 0 aromatic heterocycles. The lowest BCUT2D eigenvalue weighted by Crippen LogP contribution is -2.54. The third-order valence-corrected chi connectivity index (χ3v) is 5.97. The van der Waals surface area contributed by atoms with E-state index in [1.54, 1.807) is 0 Å². The number of benzene rings is 1. The number of anilines is 1. The topological polar surface area (TPSA) is 128 Å². The molecule has 0 saturated carbocycles. The number of nitrogens with one attached hydrogen (secondary N) is 3. The number of halogens is 1. The fraction of sp³-hybridized carbons (Fsp3) is 0.500. The van der Waals surface area contributed by atoms with Gasteiger partial charge in [-0.15, -0.1) is 0 Å². The third-order valence-electron chi connectivity index (χ3n) is 5.97. The molecular formula is C20H23FN4O5. The highest BCUT2D eigenvalue weighted by Crippen LogP contribution is 2.31. The van der Waals surface area contributed by atoms with Crippen LogP contribution >= 0.6 is 0 Å². The molecule has 3 heterocycles. The zero-order valence-corrected chi connectivity index (χ0v) is 16.3. The summed E-state index contributed by atoms with van der Waals surface area (Å²) in [5, 5.41) is 18.7. The van der Waals surface area contributed by atoms with Crippen LogP contribution in [0, 0.1) is 5.82 Å². The standard InChI is InChI=1S/C20H23FN4O5/c21-13-9-11-12(10-14(13)23-8-5-20(30)3-6-22-7-4-20)19(29)25(18(11)28)15-1-2-16(26)24-17(15)27/h9-10,15,22-23,30H,1-8H2,(H,24,26,27). The van der Waals surface area contributed by atoms with Crippen LogP contribution in [0.25, 0.3) is 0 Å². The molecular weight excluding hydrogens is 395 g/mol. The van der Waals surface area contributed by atoms with Crippen LogP contribution in [0.1, 0.15) is 52.8 Å². The van der Waals surface area contributed by atoms with E-state index < -0.39 is 41.1 Å². The molecule has 1 aromatic carbocycles. The highest BCUT2D eigenvalue weighted by Gasteiger charge is 2.45. The maximum atomic E-state index is 14.6. The minimum absolute atomic E-state index is 0.00850. The van der Waals surface area contributed by atoms with Gasteiger partial charge >= 0.3 is 0 Å². The number of nitrogens with zero attached hydrogens (tertiary/aromatic N) is 1. The normalized spacial score (nSPS) is 23.4. The summed E-state index contributed by atoms with van der Waals surface area (Å²) in [5.74, 6) is -3.31. The molecule has 4 rings (SSSR count). The molecule has 160 valence electrons. The van der Waals surface area contributed by atoms with E-state index >= 15 is 0 Å². The Balaban J connectivity index is 1.49. The highest BCUT2D eigenvalue weighted by molar-refractivity contribution is 6.23. The number of piperidine rings is 2. The second kappa shape index (κ2) is 7.77. The molecule has 9 nitrogen and oxygen atoms in total. The van der Waals surface area contributed by atoms with Crippen LogP contribution in [0.5, 0.6) is 0 Å². The largest absolute Gasteiger partial charge is 0.390 e. The van der Waals surface area contributed by atoms with Crippen LogP contribution in [-0.2, 0) is 9.59 Å². The number of amides is 4. The molecule has 4 amide bonds. The van der Waals surface area contributed by atoms with Crippen molar-refractivity contribution in [3.05, 3.63) is 29.1 Å². The van der Waals surface area contributed by atoms with Crippen molar-refractivity contribution < 1.29 is 28.7 Å². The summed E-state index contributed by atoms with van der Waals surface area (Å²) >= 11 is 0. The van der Waals surface area contributed by atoms with Crippen molar-refractivity contribution in [2.45, 2.75) is 43.7 Å². The predicted molar refractivity (Wildman–Crippen MR) is 103 cm³/mol. The molecule has 10 heteroatoms. The van der Waals surface area contributed by atoms with Gasteiger partial charge in [-0.1, -0.05) is 0 Å². The molecule has 1 unspecified atom stereocenters. The van der Waals surface area contributed by atoms with Gasteiger partial charge in [0.15, 0.2) is 0 Å². The highest BCUT2D eigenvalue weighted by atomic mass is 19.1. The van der Waals surface area contributed by atoms with E-state index in [0.29, 0.717) is 25.8 Å². The van der Waals surface area contributed by atoms with E-state index in [4.69, 9.17) is 0 Å². The van der Waals surface area contributed by atoms with Gasteiger partial charge in [0.1, 0.15) is 11.9 Å². The Bertz CT molecular complexity index is 928. The molecule has 2 saturated heterocycles. The summed E-state index contributed by atoms with van der Waals surface area (Å²) in [6, 6.07) is 1.16. The fourth-order valence-electron chi connectivity index (χ4n) is 4.20. The molecule has 3 aliphatic rings. The number of hydrogen-bond acceptors (Lipinski definition) is 7. The molecule has 0 spiro atoms. The lowest BCUT2D eigenvalue weighted by Gasteiger charge is -2.32. The number of rotatable bonds is 5. The first-order chi connectivity index (χ1) is 14.3. The maximum Gasteiger partial charge on any atom is 0.262 e. The number of aliphatic hydroxyl groups is 1. The number of fused-ring (bicyclic) bond motifs is 1. The van der Waals surface area contributed by atoms with Crippen molar-refractivity contribution in [3.8, 4) is 0 Å². The molecule has 1 aromatic rings. The molecule has 2 fully saturated rings. The van der Waals surface area contributed by atoms with Crippen LogP contribution in [0.3, 0.4) is 0 Å². The zero-order chi connectivity index (χ0) is 21.5. The zero-order valence-electron chi connectivity index (χ0n) is 16.3. The summed E-state index contributed by atoms with van der Waals surface area (Å²) in [5.41, 5.74) is -0.865. The summed E-state index contributed by atoms with van der Waals surface area (Å²) in [4.78, 5) is 49.7. The van der Waals surface area contributed by atoms with Gasteiger partial charge in [0, 0.05) is 13.0 Å². The summed E-state index contributed by atoms with van der Waals surface area (Å²) in [6.45, 7) is 1.73. The lowest BCUT2D eigenvalue weighted by atomic mass is 9.89. The molecule has 30 heavy (non-hydrogen) atoms. The van der Waals surface area contributed by atoms with Gasteiger partial charge in [-0.3, -0.25) is 29.4 Å². The molecule has 4 N–H and O–H groups in total. The summed E-state index contributed by atoms with van der Waals surface area (Å²) in [6.07, 6.45) is 1.69. The monoisotopic (exact) mass is 418 g/mol. The average molecular weight is 418 g/mol. The van der Waals surface area contributed by atoms with Crippen molar-refractivity contribution in [2.75, 3.05) is 25.0 Å². The van der Waals surface area contributed by atoms with Crippen LogP contribution in [0.2, 0.25) is 0 Å². The van der Waals surface area contributed by atoms with Crippen LogP contribution < -0.4 is 16.0 Å². The lowest BCUT2D eigenvalue weighted by molar-refractivity contribution is -0.136. The quantitative estimate of drug-likeness (QED) is 0.501. The molecule has 0 bridgehead atoms. The Morgan fingerprint density at radius 1 is 1.13 bits per heavy atom. The Morgan fingerprint density at radius 2 is 1.80 bits per heavy atom. The van der Waals surface area contributed by atoms with Crippen LogP contribution in [0.4, 0.5) is 10.1 Å². The van der Waals surface area contributed by atoms with Crippen LogP contribution in [-0.4, -0.2) is 64.9 Å². The minimum atomic E-state index is -1.09. The summed E-state index contributed by atoms with van der Waals surface area (Å²) < 4.78 is 14.6. The van der Waals surface area contributed by atoms with Gasteiger partial charge in [-0.2, -0.15) is 0 Å². The maximum absolute atomic E-state index is 14.6. The number of carbonyl (C=O) groups excluding carboxylic acids is 4. The third kappa shape index (κ3) is 3.68. The number of hydrogen-bond donors (Lipinski definition) is 4. The average Bonchev–Trinajstić information content (AvgIpc) is 2.93. The van der Waals surface area contributed by atoms with Crippen molar-refractivity contribution in [3.63, 3.8) is 0 Å². The predicted octanol–water partition coefficient (Wildman–Crippen LogP) is 0.143. The van der Waals surface area contributed by atoms with Crippen molar-refractivity contribution in [2.24, 2.45) is 0 Å².